The lowest BCUT2D eigenvalue weighted by atomic mass is 10.2. The fourth-order valence-electron chi connectivity index (χ4n) is 1.26. The van der Waals surface area contributed by atoms with Crippen molar-refractivity contribution in [3.05, 3.63) is 22.6 Å². The third-order valence-corrected chi connectivity index (χ3v) is 2.26. The Hall–Kier alpha value is -1.40. The Balaban J connectivity index is 2.63. The summed E-state index contributed by atoms with van der Waals surface area (Å²) in [5.41, 5.74) is 5.11. The van der Waals surface area contributed by atoms with Crippen molar-refractivity contribution in [1.29, 1.82) is 0 Å². The van der Waals surface area contributed by atoms with E-state index in [1.807, 2.05) is 6.92 Å². The number of aromatic nitrogens is 2. The molecule has 1 unspecified atom stereocenters. The molecule has 3 N–H and O–H groups in total. The summed E-state index contributed by atoms with van der Waals surface area (Å²) in [5, 5.41) is 12.9. The van der Waals surface area contributed by atoms with E-state index in [0.717, 1.165) is 6.42 Å². The Morgan fingerprint density at radius 1 is 1.65 bits per heavy atom. The molecular formula is C11H19N3O3. The van der Waals surface area contributed by atoms with Crippen LogP contribution in [0.3, 0.4) is 0 Å². The maximum Gasteiger partial charge on any atom is 0.270 e. The summed E-state index contributed by atoms with van der Waals surface area (Å²) >= 11 is 0. The molecular weight excluding hydrogens is 222 g/mol. The molecule has 0 amide bonds. The number of aliphatic hydroxyl groups excluding tert-OH is 1. The molecule has 0 aliphatic carbocycles. The highest BCUT2D eigenvalue weighted by atomic mass is 16.5. The van der Waals surface area contributed by atoms with Gasteiger partial charge in [-0.15, -0.1) is 0 Å². The topological polar surface area (TPSA) is 90.4 Å². The molecule has 1 rings (SSSR count). The molecule has 0 saturated carbocycles. The zero-order valence-corrected chi connectivity index (χ0v) is 10.0. The minimum Gasteiger partial charge on any atom is -0.492 e. The van der Waals surface area contributed by atoms with E-state index in [9.17, 15) is 4.79 Å². The molecule has 0 aliphatic rings. The van der Waals surface area contributed by atoms with Crippen LogP contribution in [0.4, 0.5) is 0 Å². The minimum atomic E-state index is -0.226. The lowest BCUT2D eigenvalue weighted by molar-refractivity contribution is 0.216. The van der Waals surface area contributed by atoms with Crippen molar-refractivity contribution in [3.63, 3.8) is 0 Å². The molecule has 0 aliphatic heterocycles. The van der Waals surface area contributed by atoms with Crippen LogP contribution in [0.2, 0.25) is 0 Å². The van der Waals surface area contributed by atoms with Gasteiger partial charge in [-0.2, -0.15) is 5.10 Å². The van der Waals surface area contributed by atoms with Crippen LogP contribution in [-0.4, -0.2) is 34.6 Å². The van der Waals surface area contributed by atoms with Gasteiger partial charge in [0.15, 0.2) is 0 Å². The Bertz CT molecular complexity index is 392. The molecule has 17 heavy (non-hydrogen) atoms. The molecule has 0 bridgehead atoms. The third kappa shape index (κ3) is 4.54. The molecule has 1 aromatic rings. The van der Waals surface area contributed by atoms with Crippen LogP contribution in [0.5, 0.6) is 5.75 Å². The Morgan fingerprint density at radius 2 is 2.41 bits per heavy atom. The van der Waals surface area contributed by atoms with Crippen LogP contribution >= 0.6 is 0 Å². The fraction of sp³-hybridized carbons (Fsp3) is 0.636. The quantitative estimate of drug-likeness (QED) is 0.634. The van der Waals surface area contributed by atoms with Crippen LogP contribution in [0.1, 0.15) is 13.3 Å². The largest absolute Gasteiger partial charge is 0.492 e. The molecule has 0 aromatic carbocycles. The average Bonchev–Trinajstić information content (AvgIpc) is 2.32. The standard InChI is InChI=1S/C11H19N3O3/c1-9(8-15)7-14-11(16)5-10(6-13-14)17-4-2-3-12/h5-6,9,15H,2-4,7-8,12H2,1H3. The van der Waals surface area contributed by atoms with E-state index in [1.54, 1.807) is 0 Å². The summed E-state index contributed by atoms with van der Waals surface area (Å²) in [5.74, 6) is 0.459. The SMILES string of the molecule is CC(CO)Cn1ncc(OCCCN)cc1=O. The summed E-state index contributed by atoms with van der Waals surface area (Å²) in [4.78, 5) is 11.6. The Kier molecular flexibility index (Phi) is 5.65. The van der Waals surface area contributed by atoms with E-state index >= 15 is 0 Å². The van der Waals surface area contributed by atoms with Gasteiger partial charge in [-0.05, 0) is 18.9 Å². The number of nitrogens with zero attached hydrogens (tertiary/aromatic N) is 2. The number of ether oxygens (including phenoxy) is 1. The summed E-state index contributed by atoms with van der Waals surface area (Å²) in [6.45, 7) is 3.31. The molecule has 0 radical (unpaired) electrons. The molecule has 96 valence electrons. The molecule has 1 heterocycles. The highest BCUT2D eigenvalue weighted by Crippen LogP contribution is 2.04. The molecule has 0 fully saturated rings. The van der Waals surface area contributed by atoms with Crippen LogP contribution in [0.25, 0.3) is 0 Å². The zero-order valence-electron chi connectivity index (χ0n) is 10.0. The fourth-order valence-corrected chi connectivity index (χ4v) is 1.26. The van der Waals surface area contributed by atoms with Gasteiger partial charge in [0.1, 0.15) is 5.75 Å². The second-order valence-corrected chi connectivity index (χ2v) is 3.99. The van der Waals surface area contributed by atoms with Gasteiger partial charge in [-0.3, -0.25) is 4.79 Å². The lowest BCUT2D eigenvalue weighted by Crippen LogP contribution is -2.26. The van der Waals surface area contributed by atoms with Crippen LogP contribution in [-0.2, 0) is 6.54 Å². The van der Waals surface area contributed by atoms with Crippen molar-refractivity contribution >= 4 is 0 Å². The number of hydrogen-bond acceptors (Lipinski definition) is 5. The van der Waals surface area contributed by atoms with Gasteiger partial charge in [0.2, 0.25) is 0 Å². The van der Waals surface area contributed by atoms with Gasteiger partial charge >= 0.3 is 0 Å². The van der Waals surface area contributed by atoms with Gasteiger partial charge < -0.3 is 15.6 Å². The summed E-state index contributed by atoms with van der Waals surface area (Å²) < 4.78 is 6.62. The Labute approximate surface area is 100 Å². The van der Waals surface area contributed by atoms with Gasteiger partial charge in [0, 0.05) is 19.2 Å². The molecule has 1 aromatic heterocycles. The first-order valence-corrected chi connectivity index (χ1v) is 5.68. The van der Waals surface area contributed by atoms with Crippen LogP contribution in [0.15, 0.2) is 17.1 Å². The molecule has 6 nitrogen and oxygen atoms in total. The van der Waals surface area contributed by atoms with E-state index < -0.39 is 0 Å². The van der Waals surface area contributed by atoms with E-state index in [0.29, 0.717) is 25.4 Å². The van der Waals surface area contributed by atoms with Crippen molar-refractivity contribution in [2.75, 3.05) is 19.8 Å². The van der Waals surface area contributed by atoms with Crippen molar-refractivity contribution in [1.82, 2.24) is 9.78 Å². The molecule has 0 saturated heterocycles. The third-order valence-electron chi connectivity index (χ3n) is 2.26. The maximum atomic E-state index is 11.6. The zero-order chi connectivity index (χ0) is 12.7. The van der Waals surface area contributed by atoms with Crippen molar-refractivity contribution in [2.45, 2.75) is 19.9 Å². The van der Waals surface area contributed by atoms with Gasteiger partial charge in [0.25, 0.3) is 5.56 Å². The second-order valence-electron chi connectivity index (χ2n) is 3.99. The second kappa shape index (κ2) is 7.03. The molecule has 1 atom stereocenters. The summed E-state index contributed by atoms with van der Waals surface area (Å²) in [7, 11) is 0. The molecule has 0 spiro atoms. The summed E-state index contributed by atoms with van der Waals surface area (Å²) in [6, 6.07) is 1.40. The van der Waals surface area contributed by atoms with E-state index in [2.05, 4.69) is 5.10 Å². The van der Waals surface area contributed by atoms with Gasteiger partial charge in [0.05, 0.1) is 12.8 Å². The van der Waals surface area contributed by atoms with Crippen molar-refractivity contribution in [2.24, 2.45) is 11.7 Å². The van der Waals surface area contributed by atoms with Gasteiger partial charge in [-0.1, -0.05) is 6.92 Å². The van der Waals surface area contributed by atoms with Gasteiger partial charge in [-0.25, -0.2) is 4.68 Å². The van der Waals surface area contributed by atoms with Crippen molar-refractivity contribution in [3.8, 4) is 5.75 Å². The number of rotatable bonds is 7. The average molecular weight is 241 g/mol. The highest BCUT2D eigenvalue weighted by Gasteiger charge is 2.05. The number of aliphatic hydroxyl groups is 1. The van der Waals surface area contributed by atoms with Crippen LogP contribution in [0, 0.1) is 5.92 Å². The minimum absolute atomic E-state index is 0.00390. The monoisotopic (exact) mass is 241 g/mol. The number of nitrogens with two attached hydrogens (primary N) is 1. The summed E-state index contributed by atoms with van der Waals surface area (Å²) in [6.07, 6.45) is 2.24. The number of hydrogen-bond donors (Lipinski definition) is 2. The first-order chi connectivity index (χ1) is 8.17. The Morgan fingerprint density at radius 3 is 3.00 bits per heavy atom. The predicted octanol–water partition coefficient (Wildman–Crippen LogP) is -0.401. The highest BCUT2D eigenvalue weighted by molar-refractivity contribution is 5.13. The maximum absolute atomic E-state index is 11.6. The van der Waals surface area contributed by atoms with Crippen LogP contribution < -0.4 is 16.0 Å². The lowest BCUT2D eigenvalue weighted by Gasteiger charge is -2.10. The predicted molar refractivity (Wildman–Crippen MR) is 63.9 cm³/mol. The van der Waals surface area contributed by atoms with Crippen molar-refractivity contribution < 1.29 is 9.84 Å². The van der Waals surface area contributed by atoms with E-state index in [1.165, 1.54) is 16.9 Å². The first-order valence-electron chi connectivity index (χ1n) is 5.68. The molecule has 6 heteroatoms. The van der Waals surface area contributed by atoms with E-state index in [-0.39, 0.29) is 18.1 Å². The normalized spacial score (nSPS) is 12.4. The van der Waals surface area contributed by atoms with E-state index in [4.69, 9.17) is 15.6 Å². The smallest absolute Gasteiger partial charge is 0.270 e. The first kappa shape index (κ1) is 13.7.